The fraction of sp³-hybridized carbons (Fsp3) is 0.316. The minimum Gasteiger partial charge on any atom is -0.497 e. The fourth-order valence-electron chi connectivity index (χ4n) is 2.36. The molecule has 2 aromatic rings. The van der Waals surface area contributed by atoms with Gasteiger partial charge >= 0.3 is 0 Å². The van der Waals surface area contributed by atoms with Crippen molar-refractivity contribution in [3.63, 3.8) is 0 Å². The van der Waals surface area contributed by atoms with Crippen LogP contribution in [0.4, 0.5) is 0 Å². The summed E-state index contributed by atoms with van der Waals surface area (Å²) in [6.07, 6.45) is 0. The van der Waals surface area contributed by atoms with Crippen molar-refractivity contribution in [3.8, 4) is 11.5 Å². The maximum Gasteiger partial charge on any atom is 0.251 e. The minimum atomic E-state index is -0.0977. The number of benzene rings is 2. The van der Waals surface area contributed by atoms with E-state index in [1.165, 1.54) is 0 Å². The molecule has 1 N–H and O–H groups in total. The molecule has 4 heteroatoms. The summed E-state index contributed by atoms with van der Waals surface area (Å²) in [7, 11) is 1.63. The van der Waals surface area contributed by atoms with E-state index in [2.05, 4.69) is 5.32 Å². The van der Waals surface area contributed by atoms with E-state index in [0.29, 0.717) is 12.2 Å². The average molecular weight is 313 g/mol. The molecule has 0 aliphatic rings. The molecule has 0 saturated heterocycles. The van der Waals surface area contributed by atoms with Gasteiger partial charge in [-0.05, 0) is 62.2 Å². The summed E-state index contributed by atoms with van der Waals surface area (Å²) in [4.78, 5) is 12.4. The zero-order chi connectivity index (χ0) is 16.8. The number of carbonyl (C=O) groups is 1. The number of aryl methyl sites for hydroxylation is 1. The molecule has 0 aliphatic carbocycles. The Morgan fingerprint density at radius 3 is 2.43 bits per heavy atom. The standard InChI is InChI=1S/C19H23NO3/c1-5-23-18-11-8-16(12-13(18)2)19(21)20-14(3)15-6-9-17(22-4)10-7-15/h6-12,14H,5H2,1-4H3,(H,20,21)/t14-/m0/s1. The first kappa shape index (κ1) is 16.9. The van der Waals surface area contributed by atoms with Gasteiger partial charge in [0.05, 0.1) is 19.8 Å². The van der Waals surface area contributed by atoms with Crippen molar-refractivity contribution in [2.45, 2.75) is 26.8 Å². The minimum absolute atomic E-state index is 0.0831. The highest BCUT2D eigenvalue weighted by Crippen LogP contribution is 2.21. The zero-order valence-corrected chi connectivity index (χ0v) is 14.1. The first-order valence-electron chi connectivity index (χ1n) is 7.73. The first-order chi connectivity index (χ1) is 11.0. The van der Waals surface area contributed by atoms with Gasteiger partial charge in [-0.25, -0.2) is 0 Å². The molecule has 2 aromatic carbocycles. The number of methoxy groups -OCH3 is 1. The van der Waals surface area contributed by atoms with E-state index in [9.17, 15) is 4.79 Å². The second-order valence-corrected chi connectivity index (χ2v) is 5.38. The molecular formula is C19H23NO3. The maximum absolute atomic E-state index is 12.4. The van der Waals surface area contributed by atoms with E-state index in [1.807, 2.05) is 57.2 Å². The Morgan fingerprint density at radius 1 is 1.17 bits per heavy atom. The van der Waals surface area contributed by atoms with Crippen molar-refractivity contribution >= 4 is 5.91 Å². The first-order valence-corrected chi connectivity index (χ1v) is 7.73. The number of ether oxygens (including phenoxy) is 2. The quantitative estimate of drug-likeness (QED) is 0.880. The topological polar surface area (TPSA) is 47.6 Å². The average Bonchev–Trinajstić information content (AvgIpc) is 2.56. The fourth-order valence-corrected chi connectivity index (χ4v) is 2.36. The highest BCUT2D eigenvalue weighted by Gasteiger charge is 2.13. The van der Waals surface area contributed by atoms with Gasteiger partial charge in [-0.1, -0.05) is 12.1 Å². The Hall–Kier alpha value is -2.49. The largest absolute Gasteiger partial charge is 0.497 e. The van der Waals surface area contributed by atoms with E-state index in [1.54, 1.807) is 13.2 Å². The summed E-state index contributed by atoms with van der Waals surface area (Å²) >= 11 is 0. The summed E-state index contributed by atoms with van der Waals surface area (Å²) in [6, 6.07) is 13.1. The van der Waals surface area contributed by atoms with Gasteiger partial charge < -0.3 is 14.8 Å². The van der Waals surface area contributed by atoms with Crippen molar-refractivity contribution in [2.75, 3.05) is 13.7 Å². The molecule has 1 amide bonds. The van der Waals surface area contributed by atoms with Crippen LogP contribution in [0.3, 0.4) is 0 Å². The third kappa shape index (κ3) is 4.25. The number of rotatable bonds is 6. The van der Waals surface area contributed by atoms with Crippen LogP contribution in [-0.2, 0) is 0 Å². The molecule has 4 nitrogen and oxygen atoms in total. The zero-order valence-electron chi connectivity index (χ0n) is 14.1. The third-order valence-corrected chi connectivity index (χ3v) is 3.70. The predicted molar refractivity (Wildman–Crippen MR) is 91.2 cm³/mol. The molecular weight excluding hydrogens is 290 g/mol. The molecule has 122 valence electrons. The number of amides is 1. The van der Waals surface area contributed by atoms with Crippen molar-refractivity contribution in [2.24, 2.45) is 0 Å². The summed E-state index contributed by atoms with van der Waals surface area (Å²) in [6.45, 7) is 6.45. The second kappa shape index (κ2) is 7.68. The molecule has 2 rings (SSSR count). The van der Waals surface area contributed by atoms with Crippen LogP contribution in [0.1, 0.15) is 41.4 Å². The van der Waals surface area contributed by atoms with Crippen molar-refractivity contribution in [1.82, 2.24) is 5.32 Å². The van der Waals surface area contributed by atoms with Gasteiger partial charge in [0.15, 0.2) is 0 Å². The van der Waals surface area contributed by atoms with Gasteiger partial charge in [0, 0.05) is 5.56 Å². The Bertz CT molecular complexity index is 665. The highest BCUT2D eigenvalue weighted by molar-refractivity contribution is 5.94. The Morgan fingerprint density at radius 2 is 1.87 bits per heavy atom. The lowest BCUT2D eigenvalue weighted by molar-refractivity contribution is 0.0940. The smallest absolute Gasteiger partial charge is 0.251 e. The molecule has 0 radical (unpaired) electrons. The lowest BCUT2D eigenvalue weighted by atomic mass is 10.1. The van der Waals surface area contributed by atoms with E-state index >= 15 is 0 Å². The predicted octanol–water partition coefficient (Wildman–Crippen LogP) is 3.89. The molecule has 0 bridgehead atoms. The molecule has 0 heterocycles. The van der Waals surface area contributed by atoms with Crippen LogP contribution in [0.25, 0.3) is 0 Å². The number of carbonyl (C=O) groups excluding carboxylic acids is 1. The number of hydrogen-bond donors (Lipinski definition) is 1. The SMILES string of the molecule is CCOc1ccc(C(=O)N[C@@H](C)c2ccc(OC)cc2)cc1C. The van der Waals surface area contributed by atoms with E-state index in [4.69, 9.17) is 9.47 Å². The Kier molecular flexibility index (Phi) is 5.63. The van der Waals surface area contributed by atoms with Gasteiger partial charge in [-0.2, -0.15) is 0 Å². The number of nitrogens with one attached hydrogen (secondary N) is 1. The van der Waals surface area contributed by atoms with Crippen LogP contribution in [-0.4, -0.2) is 19.6 Å². The third-order valence-electron chi connectivity index (χ3n) is 3.70. The van der Waals surface area contributed by atoms with Crippen LogP contribution in [0, 0.1) is 6.92 Å². The van der Waals surface area contributed by atoms with Crippen molar-refractivity contribution in [1.29, 1.82) is 0 Å². The lowest BCUT2D eigenvalue weighted by Gasteiger charge is -2.15. The van der Waals surface area contributed by atoms with E-state index in [0.717, 1.165) is 22.6 Å². The summed E-state index contributed by atoms with van der Waals surface area (Å²) < 4.78 is 10.6. The molecule has 0 fully saturated rings. The van der Waals surface area contributed by atoms with Gasteiger partial charge in [0.2, 0.25) is 0 Å². The van der Waals surface area contributed by atoms with Crippen LogP contribution >= 0.6 is 0 Å². The van der Waals surface area contributed by atoms with Crippen molar-refractivity contribution < 1.29 is 14.3 Å². The molecule has 1 atom stereocenters. The molecule has 0 saturated carbocycles. The van der Waals surface area contributed by atoms with Gasteiger partial charge in [0.1, 0.15) is 11.5 Å². The number of hydrogen-bond acceptors (Lipinski definition) is 3. The van der Waals surface area contributed by atoms with Crippen LogP contribution in [0.2, 0.25) is 0 Å². The van der Waals surface area contributed by atoms with Crippen molar-refractivity contribution in [3.05, 3.63) is 59.2 Å². The van der Waals surface area contributed by atoms with Crippen LogP contribution in [0.15, 0.2) is 42.5 Å². The monoisotopic (exact) mass is 313 g/mol. The Balaban J connectivity index is 2.06. The summed E-state index contributed by atoms with van der Waals surface area (Å²) in [5.74, 6) is 1.51. The van der Waals surface area contributed by atoms with Crippen LogP contribution < -0.4 is 14.8 Å². The summed E-state index contributed by atoms with van der Waals surface area (Å²) in [5.41, 5.74) is 2.62. The normalized spacial score (nSPS) is 11.7. The lowest BCUT2D eigenvalue weighted by Crippen LogP contribution is -2.26. The van der Waals surface area contributed by atoms with Gasteiger partial charge in [-0.3, -0.25) is 4.79 Å². The van der Waals surface area contributed by atoms with E-state index < -0.39 is 0 Å². The molecule has 0 aromatic heterocycles. The molecule has 0 unspecified atom stereocenters. The van der Waals surface area contributed by atoms with E-state index in [-0.39, 0.29) is 11.9 Å². The summed E-state index contributed by atoms with van der Waals surface area (Å²) in [5, 5.41) is 3.01. The highest BCUT2D eigenvalue weighted by atomic mass is 16.5. The molecule has 23 heavy (non-hydrogen) atoms. The second-order valence-electron chi connectivity index (χ2n) is 5.38. The van der Waals surface area contributed by atoms with Crippen LogP contribution in [0.5, 0.6) is 11.5 Å². The maximum atomic E-state index is 12.4. The van der Waals surface area contributed by atoms with Gasteiger partial charge in [0.25, 0.3) is 5.91 Å². The molecule has 0 spiro atoms. The Labute approximate surface area is 137 Å². The molecule has 0 aliphatic heterocycles. The van der Waals surface area contributed by atoms with Gasteiger partial charge in [-0.15, -0.1) is 0 Å².